The van der Waals surface area contributed by atoms with Gasteiger partial charge in [-0.25, -0.2) is 9.48 Å². The molecule has 112 valence electrons. The molecule has 0 N–H and O–H groups in total. The summed E-state index contributed by atoms with van der Waals surface area (Å²) in [6.07, 6.45) is 3.48. The minimum absolute atomic E-state index is 0.111. The lowest BCUT2D eigenvalue weighted by Gasteiger charge is -2.10. The van der Waals surface area contributed by atoms with Crippen molar-refractivity contribution in [3.8, 4) is 0 Å². The Morgan fingerprint density at radius 2 is 2.19 bits per heavy atom. The van der Waals surface area contributed by atoms with Crippen LogP contribution in [0.25, 0.3) is 0 Å². The lowest BCUT2D eigenvalue weighted by atomic mass is 10.1. The predicted octanol–water partition coefficient (Wildman–Crippen LogP) is 2.78. The fourth-order valence-corrected chi connectivity index (χ4v) is 2.48. The molecule has 2 heterocycles. The molecular weight excluding hydrogens is 336 g/mol. The highest BCUT2D eigenvalue weighted by atomic mass is 79.9. The van der Waals surface area contributed by atoms with E-state index in [1.807, 2.05) is 19.9 Å². The van der Waals surface area contributed by atoms with E-state index in [1.165, 1.54) is 0 Å². The first-order chi connectivity index (χ1) is 10.0. The van der Waals surface area contributed by atoms with Crippen molar-refractivity contribution >= 4 is 21.9 Å². The molecule has 0 bridgehead atoms. The largest absolute Gasteiger partial charge is 0.461 e. The molecule has 0 aliphatic carbocycles. The van der Waals surface area contributed by atoms with Crippen molar-refractivity contribution in [1.82, 2.24) is 20.0 Å². The molecule has 0 saturated carbocycles. The van der Waals surface area contributed by atoms with E-state index in [1.54, 1.807) is 24.0 Å². The number of carbonyl (C=O) groups is 1. The van der Waals surface area contributed by atoms with E-state index in [-0.39, 0.29) is 11.6 Å². The van der Waals surface area contributed by atoms with Crippen LogP contribution in [0.5, 0.6) is 0 Å². The van der Waals surface area contributed by atoms with Gasteiger partial charge < -0.3 is 4.74 Å². The summed E-state index contributed by atoms with van der Waals surface area (Å²) in [5, 5.41) is 8.07. The Labute approximate surface area is 131 Å². The first-order valence-electron chi connectivity index (χ1n) is 6.72. The molecule has 0 unspecified atom stereocenters. The van der Waals surface area contributed by atoms with Crippen molar-refractivity contribution < 1.29 is 9.53 Å². The number of halogens is 1. The molecule has 0 amide bonds. The molecule has 0 radical (unpaired) electrons. The summed E-state index contributed by atoms with van der Waals surface area (Å²) < 4.78 is 7.65. The second kappa shape index (κ2) is 6.80. The third-order valence-electron chi connectivity index (χ3n) is 2.88. The number of hydrogen-bond acceptors (Lipinski definition) is 5. The van der Waals surface area contributed by atoms with E-state index in [2.05, 4.69) is 31.2 Å². The molecule has 0 spiro atoms. The van der Waals surface area contributed by atoms with Crippen LogP contribution in [0.4, 0.5) is 0 Å². The quantitative estimate of drug-likeness (QED) is 0.773. The molecule has 0 saturated heterocycles. The molecule has 0 fully saturated rings. The van der Waals surface area contributed by atoms with Crippen LogP contribution in [0.2, 0.25) is 0 Å². The number of ether oxygens (including phenoxy) is 1. The fraction of sp³-hybridized carbons (Fsp3) is 0.429. The van der Waals surface area contributed by atoms with Gasteiger partial charge in [0, 0.05) is 16.9 Å². The smallest absolute Gasteiger partial charge is 0.360 e. The van der Waals surface area contributed by atoms with E-state index in [4.69, 9.17) is 4.74 Å². The Bertz CT molecular complexity index is 640. The first-order valence-corrected chi connectivity index (χ1v) is 7.52. The number of aromatic nitrogens is 4. The SMILES string of the molecule is CCOC(=O)c1nnn(Cc2cncc(Br)c2)c1C(C)C. The number of pyridine rings is 1. The van der Waals surface area contributed by atoms with Crippen molar-refractivity contribution in [3.63, 3.8) is 0 Å². The maximum absolute atomic E-state index is 11.9. The summed E-state index contributed by atoms with van der Waals surface area (Å²) in [5.41, 5.74) is 2.04. The molecule has 2 aromatic rings. The van der Waals surface area contributed by atoms with E-state index < -0.39 is 5.97 Å². The third kappa shape index (κ3) is 3.66. The predicted molar refractivity (Wildman–Crippen MR) is 81.1 cm³/mol. The average molecular weight is 353 g/mol. The van der Waals surface area contributed by atoms with Gasteiger partial charge in [-0.15, -0.1) is 5.10 Å². The van der Waals surface area contributed by atoms with Crippen LogP contribution < -0.4 is 0 Å². The molecule has 0 atom stereocenters. The molecule has 0 aliphatic heterocycles. The molecule has 7 heteroatoms. The lowest BCUT2D eigenvalue weighted by molar-refractivity contribution is 0.0517. The normalized spacial score (nSPS) is 10.9. The zero-order valence-electron chi connectivity index (χ0n) is 12.2. The summed E-state index contributed by atoms with van der Waals surface area (Å²) in [6.45, 7) is 6.59. The van der Waals surface area contributed by atoms with Gasteiger partial charge in [-0.1, -0.05) is 19.1 Å². The van der Waals surface area contributed by atoms with Crippen LogP contribution in [0.15, 0.2) is 22.9 Å². The maximum atomic E-state index is 11.9. The second-order valence-electron chi connectivity index (χ2n) is 4.87. The van der Waals surface area contributed by atoms with Gasteiger partial charge in [0.05, 0.1) is 18.8 Å². The Morgan fingerprint density at radius 3 is 2.81 bits per heavy atom. The lowest BCUT2D eigenvalue weighted by Crippen LogP contribution is -2.13. The van der Waals surface area contributed by atoms with Crippen LogP contribution in [0.3, 0.4) is 0 Å². The number of rotatable bonds is 5. The van der Waals surface area contributed by atoms with Gasteiger partial charge in [0.2, 0.25) is 0 Å². The standard InChI is InChI=1S/C14H17BrN4O2/c1-4-21-14(20)12-13(9(2)3)19(18-17-12)8-10-5-11(15)7-16-6-10/h5-7,9H,4,8H2,1-3H3. The summed E-state index contributed by atoms with van der Waals surface area (Å²) in [4.78, 5) is 16.1. The summed E-state index contributed by atoms with van der Waals surface area (Å²) in [5.74, 6) is -0.320. The number of nitrogens with zero attached hydrogens (tertiary/aromatic N) is 4. The molecular formula is C14H17BrN4O2. The van der Waals surface area contributed by atoms with Crippen molar-refractivity contribution in [3.05, 3.63) is 39.9 Å². The van der Waals surface area contributed by atoms with Crippen LogP contribution in [0, 0.1) is 0 Å². The van der Waals surface area contributed by atoms with Gasteiger partial charge in [0.15, 0.2) is 5.69 Å². The summed E-state index contributed by atoms with van der Waals surface area (Å²) in [7, 11) is 0. The van der Waals surface area contributed by atoms with Gasteiger partial charge in [0.1, 0.15) is 0 Å². The topological polar surface area (TPSA) is 69.9 Å². The fourth-order valence-electron chi connectivity index (χ4n) is 2.07. The Hall–Kier alpha value is -1.76. The third-order valence-corrected chi connectivity index (χ3v) is 3.32. The molecule has 6 nitrogen and oxygen atoms in total. The first kappa shape index (κ1) is 15.6. The molecule has 21 heavy (non-hydrogen) atoms. The minimum Gasteiger partial charge on any atom is -0.461 e. The average Bonchev–Trinajstić information content (AvgIpc) is 2.83. The summed E-state index contributed by atoms with van der Waals surface area (Å²) >= 11 is 3.39. The van der Waals surface area contributed by atoms with Crippen LogP contribution in [0.1, 0.15) is 48.4 Å². The number of carbonyl (C=O) groups excluding carboxylic acids is 1. The zero-order valence-corrected chi connectivity index (χ0v) is 13.8. The zero-order chi connectivity index (χ0) is 15.4. The van der Waals surface area contributed by atoms with Crippen molar-refractivity contribution in [2.24, 2.45) is 0 Å². The van der Waals surface area contributed by atoms with Gasteiger partial charge in [-0.05, 0) is 40.4 Å². The Morgan fingerprint density at radius 1 is 1.43 bits per heavy atom. The van der Waals surface area contributed by atoms with Crippen LogP contribution in [-0.2, 0) is 11.3 Å². The van der Waals surface area contributed by atoms with E-state index in [9.17, 15) is 4.79 Å². The summed E-state index contributed by atoms with van der Waals surface area (Å²) in [6, 6.07) is 1.96. The van der Waals surface area contributed by atoms with Gasteiger partial charge >= 0.3 is 5.97 Å². The highest BCUT2D eigenvalue weighted by Gasteiger charge is 2.23. The van der Waals surface area contributed by atoms with Crippen LogP contribution >= 0.6 is 15.9 Å². The Kier molecular flexibility index (Phi) is 5.06. The van der Waals surface area contributed by atoms with Gasteiger partial charge in [-0.3, -0.25) is 4.98 Å². The second-order valence-corrected chi connectivity index (χ2v) is 5.78. The van der Waals surface area contributed by atoms with Gasteiger partial charge in [-0.2, -0.15) is 0 Å². The molecule has 0 aliphatic rings. The number of hydrogen-bond donors (Lipinski definition) is 0. The van der Waals surface area contributed by atoms with Crippen molar-refractivity contribution in [2.45, 2.75) is 33.2 Å². The minimum atomic E-state index is -0.431. The number of esters is 1. The highest BCUT2D eigenvalue weighted by Crippen LogP contribution is 2.20. The van der Waals surface area contributed by atoms with Gasteiger partial charge in [0.25, 0.3) is 0 Å². The molecule has 2 aromatic heterocycles. The van der Waals surface area contributed by atoms with E-state index in [0.29, 0.717) is 13.2 Å². The molecule has 0 aromatic carbocycles. The monoisotopic (exact) mass is 352 g/mol. The van der Waals surface area contributed by atoms with E-state index in [0.717, 1.165) is 15.7 Å². The van der Waals surface area contributed by atoms with E-state index >= 15 is 0 Å². The van der Waals surface area contributed by atoms with Crippen LogP contribution in [-0.4, -0.2) is 32.6 Å². The Balaban J connectivity index is 2.34. The van der Waals surface area contributed by atoms with Crippen molar-refractivity contribution in [1.29, 1.82) is 0 Å². The molecule has 2 rings (SSSR count). The maximum Gasteiger partial charge on any atom is 0.360 e. The highest BCUT2D eigenvalue weighted by molar-refractivity contribution is 9.10. The van der Waals surface area contributed by atoms with Crippen molar-refractivity contribution in [2.75, 3.05) is 6.61 Å².